The van der Waals surface area contributed by atoms with Gasteiger partial charge >= 0.3 is 6.01 Å². The molecule has 1 amide bonds. The average molecular weight is 633 g/mol. The molecule has 2 saturated heterocycles. The molecule has 0 bridgehead atoms. The SMILES string of the molecule is C=C(F)C(=O)N1CCN(c2nc(OC(C)(C)C3CCCN3C)nc3c2COC(c2cccc4cccc(Cl)c24)C3)C[C@@H]1CC#N. The van der Waals surface area contributed by atoms with E-state index in [1.165, 1.54) is 4.90 Å². The van der Waals surface area contributed by atoms with Crippen LogP contribution in [0.2, 0.25) is 5.02 Å². The topological polar surface area (TPSA) is 94.8 Å². The Labute approximate surface area is 268 Å². The van der Waals surface area contributed by atoms with Gasteiger partial charge in [-0.1, -0.05) is 48.5 Å². The summed E-state index contributed by atoms with van der Waals surface area (Å²) in [6.07, 6.45) is 2.36. The molecular weight excluding hydrogens is 595 g/mol. The minimum Gasteiger partial charge on any atom is -0.456 e. The fourth-order valence-corrected chi connectivity index (χ4v) is 7.46. The van der Waals surface area contributed by atoms with E-state index >= 15 is 0 Å². The van der Waals surface area contributed by atoms with Crippen LogP contribution in [0.1, 0.15) is 56.0 Å². The van der Waals surface area contributed by atoms with E-state index in [0.29, 0.717) is 30.4 Å². The van der Waals surface area contributed by atoms with Gasteiger partial charge in [0.15, 0.2) is 5.83 Å². The van der Waals surface area contributed by atoms with E-state index in [1.54, 1.807) is 0 Å². The molecule has 9 nitrogen and oxygen atoms in total. The zero-order valence-corrected chi connectivity index (χ0v) is 26.7. The number of carbonyl (C=O) groups is 1. The molecule has 6 rings (SSSR count). The van der Waals surface area contributed by atoms with E-state index in [4.69, 9.17) is 31.0 Å². The van der Waals surface area contributed by atoms with Gasteiger partial charge in [-0.15, -0.1) is 0 Å². The number of aromatic nitrogens is 2. The predicted molar refractivity (Wildman–Crippen MR) is 171 cm³/mol. The van der Waals surface area contributed by atoms with Crippen LogP contribution in [0.15, 0.2) is 48.8 Å². The summed E-state index contributed by atoms with van der Waals surface area (Å²) < 4.78 is 27.0. The lowest BCUT2D eigenvalue weighted by Gasteiger charge is -2.42. The lowest BCUT2D eigenvalue weighted by Crippen LogP contribution is -2.55. The normalized spacial score (nSPS) is 22.3. The summed E-state index contributed by atoms with van der Waals surface area (Å²) in [6, 6.07) is 14.1. The molecule has 3 aliphatic rings. The molecule has 1 aromatic heterocycles. The molecule has 3 aromatic rings. The maximum atomic E-state index is 13.9. The number of piperazine rings is 1. The van der Waals surface area contributed by atoms with Crippen LogP contribution in [0.3, 0.4) is 0 Å². The molecule has 3 atom stereocenters. The standard InChI is InChI=1S/C34H38ClFN6O3/c1-21(36)32(43)42-17-16-41(19-23(42)13-14-37)31-25-20-44-28(24-10-5-8-22-9-6-11-26(35)30(22)24)18-27(25)38-33(39-31)45-34(2,3)29-12-7-15-40(29)4/h5-6,8-11,23,28-29H,1,7,12-13,15-20H2,2-4H3/t23-,28?,29?/m0/s1. The van der Waals surface area contributed by atoms with E-state index in [0.717, 1.165) is 47.0 Å². The van der Waals surface area contributed by atoms with Gasteiger partial charge in [-0.25, -0.2) is 4.39 Å². The van der Waals surface area contributed by atoms with E-state index < -0.39 is 23.4 Å². The highest BCUT2D eigenvalue weighted by Gasteiger charge is 2.40. The highest BCUT2D eigenvalue weighted by atomic mass is 35.5. The van der Waals surface area contributed by atoms with Gasteiger partial charge in [0.2, 0.25) is 0 Å². The van der Waals surface area contributed by atoms with Gasteiger partial charge in [0, 0.05) is 48.1 Å². The van der Waals surface area contributed by atoms with Crippen molar-refractivity contribution in [3.63, 3.8) is 0 Å². The number of anilines is 1. The van der Waals surface area contributed by atoms with Crippen LogP contribution in [0, 0.1) is 11.3 Å². The number of nitrogens with zero attached hydrogens (tertiary/aromatic N) is 6. The summed E-state index contributed by atoms with van der Waals surface area (Å²) in [4.78, 5) is 28.2. The van der Waals surface area contributed by atoms with Crippen LogP contribution in [0.25, 0.3) is 10.8 Å². The van der Waals surface area contributed by atoms with Crippen LogP contribution in [-0.4, -0.2) is 76.6 Å². The zero-order chi connectivity index (χ0) is 31.9. The molecule has 4 heterocycles. The van der Waals surface area contributed by atoms with E-state index in [2.05, 4.69) is 38.4 Å². The van der Waals surface area contributed by atoms with Crippen LogP contribution in [0.5, 0.6) is 6.01 Å². The minimum atomic E-state index is -1.03. The summed E-state index contributed by atoms with van der Waals surface area (Å²) >= 11 is 6.68. The summed E-state index contributed by atoms with van der Waals surface area (Å²) in [6.45, 7) is 9.50. The van der Waals surface area contributed by atoms with Crippen LogP contribution in [0.4, 0.5) is 10.2 Å². The number of amides is 1. The lowest BCUT2D eigenvalue weighted by molar-refractivity contribution is -0.131. The molecule has 2 fully saturated rings. The Hall–Kier alpha value is -3.78. The average Bonchev–Trinajstić information content (AvgIpc) is 3.46. The van der Waals surface area contributed by atoms with Crippen molar-refractivity contribution in [2.45, 2.75) is 69.9 Å². The largest absolute Gasteiger partial charge is 0.456 e. The van der Waals surface area contributed by atoms with Crippen molar-refractivity contribution in [3.05, 3.63) is 70.6 Å². The third-order valence-electron chi connectivity index (χ3n) is 9.37. The summed E-state index contributed by atoms with van der Waals surface area (Å²) in [7, 11) is 2.11. The third kappa shape index (κ3) is 6.09. The number of likely N-dealkylation sites (N-methyl/N-ethyl adjacent to an activating group) is 1. The molecule has 3 aliphatic heterocycles. The van der Waals surface area contributed by atoms with Gasteiger partial charge in [0.05, 0.1) is 36.9 Å². The number of hydrogen-bond donors (Lipinski definition) is 0. The fourth-order valence-electron chi connectivity index (χ4n) is 7.17. The quantitative estimate of drug-likeness (QED) is 0.303. The number of ether oxygens (including phenoxy) is 2. The molecule has 45 heavy (non-hydrogen) atoms. The first-order chi connectivity index (χ1) is 21.6. The second-order valence-electron chi connectivity index (χ2n) is 12.7. The number of fused-ring (bicyclic) bond motifs is 2. The Morgan fingerprint density at radius 2 is 2.00 bits per heavy atom. The number of hydrogen-bond acceptors (Lipinski definition) is 8. The maximum Gasteiger partial charge on any atom is 0.319 e. The van der Waals surface area contributed by atoms with Crippen LogP contribution < -0.4 is 9.64 Å². The lowest BCUT2D eigenvalue weighted by atomic mass is 9.94. The highest BCUT2D eigenvalue weighted by molar-refractivity contribution is 6.35. The Morgan fingerprint density at radius 3 is 2.71 bits per heavy atom. The van der Waals surface area contributed by atoms with Gasteiger partial charge in [-0.05, 0) is 57.3 Å². The molecule has 11 heteroatoms. The molecule has 2 unspecified atom stereocenters. The van der Waals surface area contributed by atoms with Gasteiger partial charge in [0.25, 0.3) is 5.91 Å². The van der Waals surface area contributed by atoms with Gasteiger partial charge in [-0.2, -0.15) is 15.2 Å². The Bertz CT molecular complexity index is 1670. The van der Waals surface area contributed by atoms with E-state index in [9.17, 15) is 14.4 Å². The molecule has 0 aliphatic carbocycles. The molecule has 2 aromatic carbocycles. The second-order valence-corrected chi connectivity index (χ2v) is 13.1. The molecule has 0 spiro atoms. The van der Waals surface area contributed by atoms with Crippen molar-refractivity contribution >= 4 is 34.1 Å². The number of benzene rings is 2. The number of likely N-dealkylation sites (tertiary alicyclic amines) is 1. The van der Waals surface area contributed by atoms with Crippen molar-refractivity contribution in [3.8, 4) is 12.1 Å². The van der Waals surface area contributed by atoms with Crippen LogP contribution in [-0.2, 0) is 22.6 Å². The first-order valence-electron chi connectivity index (χ1n) is 15.4. The number of carbonyl (C=O) groups excluding carboxylic acids is 1. The monoisotopic (exact) mass is 632 g/mol. The van der Waals surface area contributed by atoms with Crippen molar-refractivity contribution in [2.75, 3.05) is 38.1 Å². The molecule has 0 N–H and O–H groups in total. The van der Waals surface area contributed by atoms with Crippen molar-refractivity contribution in [2.24, 2.45) is 0 Å². The maximum absolute atomic E-state index is 13.9. The second kappa shape index (κ2) is 12.5. The first-order valence-corrected chi connectivity index (χ1v) is 15.8. The van der Waals surface area contributed by atoms with Gasteiger partial charge in [-0.3, -0.25) is 9.69 Å². The zero-order valence-electron chi connectivity index (χ0n) is 25.9. The van der Waals surface area contributed by atoms with Crippen LogP contribution >= 0.6 is 11.6 Å². The third-order valence-corrected chi connectivity index (χ3v) is 9.69. The molecule has 0 radical (unpaired) electrons. The summed E-state index contributed by atoms with van der Waals surface area (Å²) in [5.74, 6) is -1.17. The van der Waals surface area contributed by atoms with Crippen molar-refractivity contribution in [1.29, 1.82) is 5.26 Å². The molecule has 236 valence electrons. The Morgan fingerprint density at radius 1 is 1.22 bits per heavy atom. The highest BCUT2D eigenvalue weighted by Crippen LogP contribution is 2.40. The van der Waals surface area contributed by atoms with Crippen molar-refractivity contribution < 1.29 is 18.7 Å². The number of nitriles is 1. The first kappa shape index (κ1) is 31.2. The number of rotatable bonds is 7. The van der Waals surface area contributed by atoms with E-state index in [1.807, 2.05) is 41.3 Å². The smallest absolute Gasteiger partial charge is 0.319 e. The Balaban J connectivity index is 1.38. The Kier molecular flexibility index (Phi) is 8.70. The van der Waals surface area contributed by atoms with Crippen molar-refractivity contribution in [1.82, 2.24) is 19.8 Å². The summed E-state index contributed by atoms with van der Waals surface area (Å²) in [5, 5.41) is 12.2. The number of halogens is 2. The minimum absolute atomic E-state index is 0.0492. The molecular formula is C34H38ClFN6O3. The van der Waals surface area contributed by atoms with Gasteiger partial charge in [0.1, 0.15) is 11.4 Å². The van der Waals surface area contributed by atoms with Gasteiger partial charge < -0.3 is 19.3 Å². The van der Waals surface area contributed by atoms with E-state index in [-0.39, 0.29) is 37.7 Å². The predicted octanol–water partition coefficient (Wildman–Crippen LogP) is 5.76. The fraction of sp³-hybridized carbons (Fsp3) is 0.471. The molecule has 0 saturated carbocycles. The summed E-state index contributed by atoms with van der Waals surface area (Å²) in [5.41, 5.74) is 2.09.